The Bertz CT molecular complexity index is 706. The lowest BCUT2D eigenvalue weighted by molar-refractivity contribution is 0.0954. The molecule has 1 amide bonds. The monoisotopic (exact) mass is 311 g/mol. The van der Waals surface area contributed by atoms with Gasteiger partial charge in [-0.05, 0) is 73.2 Å². The number of rotatable bonds is 5. The zero-order valence-electron chi connectivity index (χ0n) is 13.3. The minimum Gasteiger partial charge on any atom is -0.352 e. The molecule has 0 saturated carbocycles. The number of allylic oxidation sites excluding steroid dienone is 1. The Morgan fingerprint density at radius 2 is 2.26 bits per heavy atom. The SMILES string of the molecule is Cc1cc(C(=O)NCCC2=CCCCC2)ccc1-n1cnnn1. The van der Waals surface area contributed by atoms with Crippen LogP contribution in [0.2, 0.25) is 0 Å². The van der Waals surface area contributed by atoms with Crippen molar-refractivity contribution in [3.63, 3.8) is 0 Å². The lowest BCUT2D eigenvalue weighted by atomic mass is 9.97. The van der Waals surface area contributed by atoms with Crippen LogP contribution < -0.4 is 5.32 Å². The van der Waals surface area contributed by atoms with Gasteiger partial charge >= 0.3 is 0 Å². The molecule has 0 bridgehead atoms. The van der Waals surface area contributed by atoms with E-state index in [1.165, 1.54) is 31.3 Å². The van der Waals surface area contributed by atoms with Crippen LogP contribution in [0.25, 0.3) is 5.69 Å². The fourth-order valence-corrected chi connectivity index (χ4v) is 2.90. The standard InChI is InChI=1S/C17H21N5O/c1-13-11-15(7-8-16(13)22-12-19-20-21-22)17(23)18-10-9-14-5-3-2-4-6-14/h5,7-8,11-12H,2-4,6,9-10H2,1H3,(H,18,23). The molecule has 0 fully saturated rings. The maximum absolute atomic E-state index is 12.3. The first-order valence-corrected chi connectivity index (χ1v) is 8.04. The number of hydrogen-bond acceptors (Lipinski definition) is 4. The second kappa shape index (κ2) is 7.17. The van der Waals surface area contributed by atoms with Crippen molar-refractivity contribution < 1.29 is 4.79 Å². The topological polar surface area (TPSA) is 72.7 Å². The van der Waals surface area contributed by atoms with E-state index >= 15 is 0 Å². The summed E-state index contributed by atoms with van der Waals surface area (Å²) in [6, 6.07) is 5.54. The highest BCUT2D eigenvalue weighted by Gasteiger charge is 2.10. The van der Waals surface area contributed by atoms with Crippen molar-refractivity contribution in [2.75, 3.05) is 6.54 Å². The summed E-state index contributed by atoms with van der Waals surface area (Å²) in [4.78, 5) is 12.3. The van der Waals surface area contributed by atoms with Crippen molar-refractivity contribution in [1.29, 1.82) is 0 Å². The van der Waals surface area contributed by atoms with Gasteiger partial charge in [0.1, 0.15) is 6.33 Å². The molecule has 1 aromatic carbocycles. The average Bonchev–Trinajstić information content (AvgIpc) is 3.10. The van der Waals surface area contributed by atoms with E-state index in [9.17, 15) is 4.79 Å². The van der Waals surface area contributed by atoms with Crippen LogP contribution in [0.3, 0.4) is 0 Å². The normalized spacial score (nSPS) is 14.4. The maximum atomic E-state index is 12.3. The predicted octanol–water partition coefficient (Wildman–Crippen LogP) is 2.59. The molecular formula is C17H21N5O. The molecule has 1 aliphatic carbocycles. The summed E-state index contributed by atoms with van der Waals surface area (Å²) in [5.74, 6) is -0.0345. The van der Waals surface area contributed by atoms with E-state index in [0.29, 0.717) is 12.1 Å². The summed E-state index contributed by atoms with van der Waals surface area (Å²) in [6.45, 7) is 2.64. The zero-order valence-corrected chi connectivity index (χ0v) is 13.3. The maximum Gasteiger partial charge on any atom is 0.251 e. The molecule has 0 radical (unpaired) electrons. The van der Waals surface area contributed by atoms with Gasteiger partial charge in [0.25, 0.3) is 5.91 Å². The number of carbonyl (C=O) groups is 1. The van der Waals surface area contributed by atoms with Gasteiger partial charge in [0.15, 0.2) is 0 Å². The Hall–Kier alpha value is -2.50. The average molecular weight is 311 g/mol. The number of benzene rings is 1. The summed E-state index contributed by atoms with van der Waals surface area (Å²) in [6.07, 6.45) is 9.74. The zero-order chi connectivity index (χ0) is 16.1. The molecule has 0 unspecified atom stereocenters. The van der Waals surface area contributed by atoms with Gasteiger partial charge in [0, 0.05) is 12.1 Å². The fraction of sp³-hybridized carbons (Fsp3) is 0.412. The van der Waals surface area contributed by atoms with E-state index < -0.39 is 0 Å². The van der Waals surface area contributed by atoms with Crippen LogP contribution in [0.1, 0.15) is 48.0 Å². The minimum atomic E-state index is -0.0345. The van der Waals surface area contributed by atoms with E-state index in [4.69, 9.17) is 0 Å². The van der Waals surface area contributed by atoms with E-state index in [0.717, 1.165) is 17.7 Å². The summed E-state index contributed by atoms with van der Waals surface area (Å²) in [5, 5.41) is 14.1. The molecule has 1 aromatic heterocycles. The highest BCUT2D eigenvalue weighted by atomic mass is 16.1. The van der Waals surface area contributed by atoms with E-state index in [1.54, 1.807) is 17.1 Å². The molecule has 6 heteroatoms. The molecule has 1 heterocycles. The van der Waals surface area contributed by atoms with Gasteiger partial charge in [0.2, 0.25) is 0 Å². The number of nitrogens with one attached hydrogen (secondary N) is 1. The minimum absolute atomic E-state index is 0.0345. The summed E-state index contributed by atoms with van der Waals surface area (Å²) in [7, 11) is 0. The quantitative estimate of drug-likeness (QED) is 0.861. The van der Waals surface area contributed by atoms with Gasteiger partial charge in [-0.3, -0.25) is 4.79 Å². The van der Waals surface area contributed by atoms with Crippen LogP contribution in [0.15, 0.2) is 36.2 Å². The van der Waals surface area contributed by atoms with E-state index in [1.807, 2.05) is 19.1 Å². The molecule has 0 saturated heterocycles. The number of aromatic nitrogens is 4. The molecule has 0 spiro atoms. The van der Waals surface area contributed by atoms with Crippen molar-refractivity contribution in [3.05, 3.63) is 47.3 Å². The van der Waals surface area contributed by atoms with Gasteiger partial charge in [-0.2, -0.15) is 0 Å². The van der Waals surface area contributed by atoms with Crippen LogP contribution in [0.5, 0.6) is 0 Å². The molecule has 23 heavy (non-hydrogen) atoms. The lowest BCUT2D eigenvalue weighted by Gasteiger charge is -2.13. The Labute approximate surface area is 135 Å². The molecule has 0 atom stereocenters. The molecule has 0 aliphatic heterocycles. The summed E-state index contributed by atoms with van der Waals surface area (Å²) in [5.41, 5.74) is 3.97. The number of amides is 1. The second-order valence-corrected chi connectivity index (χ2v) is 5.87. The highest BCUT2D eigenvalue weighted by molar-refractivity contribution is 5.94. The van der Waals surface area contributed by atoms with Crippen molar-refractivity contribution in [2.45, 2.75) is 39.0 Å². The van der Waals surface area contributed by atoms with Crippen molar-refractivity contribution in [2.24, 2.45) is 0 Å². The first kappa shape index (κ1) is 15.4. The largest absolute Gasteiger partial charge is 0.352 e. The summed E-state index contributed by atoms with van der Waals surface area (Å²) >= 11 is 0. The molecule has 6 nitrogen and oxygen atoms in total. The van der Waals surface area contributed by atoms with Crippen LogP contribution >= 0.6 is 0 Å². The number of hydrogen-bond donors (Lipinski definition) is 1. The number of nitrogens with zero attached hydrogens (tertiary/aromatic N) is 4. The van der Waals surface area contributed by atoms with Gasteiger partial charge in [-0.25, -0.2) is 4.68 Å². The molecule has 120 valence electrons. The molecule has 3 rings (SSSR count). The Kier molecular flexibility index (Phi) is 4.80. The smallest absolute Gasteiger partial charge is 0.251 e. The Balaban J connectivity index is 1.59. The predicted molar refractivity (Wildman–Crippen MR) is 87.4 cm³/mol. The molecule has 1 N–H and O–H groups in total. The van der Waals surface area contributed by atoms with E-state index in [-0.39, 0.29) is 5.91 Å². The van der Waals surface area contributed by atoms with Gasteiger partial charge < -0.3 is 5.32 Å². The molecule has 1 aliphatic rings. The van der Waals surface area contributed by atoms with Gasteiger partial charge in [0.05, 0.1) is 5.69 Å². The number of tetrazole rings is 1. The van der Waals surface area contributed by atoms with Crippen molar-refractivity contribution in [3.8, 4) is 5.69 Å². The molecular weight excluding hydrogens is 290 g/mol. The summed E-state index contributed by atoms with van der Waals surface area (Å²) < 4.78 is 1.59. The molecule has 2 aromatic rings. The Morgan fingerprint density at radius 3 is 2.96 bits per heavy atom. The van der Waals surface area contributed by atoms with Gasteiger partial charge in [-0.15, -0.1) is 5.10 Å². The fourth-order valence-electron chi connectivity index (χ4n) is 2.90. The van der Waals surface area contributed by atoms with Crippen LogP contribution in [-0.4, -0.2) is 32.7 Å². The van der Waals surface area contributed by atoms with Crippen molar-refractivity contribution >= 4 is 5.91 Å². The van der Waals surface area contributed by atoms with Crippen LogP contribution in [0.4, 0.5) is 0 Å². The lowest BCUT2D eigenvalue weighted by Crippen LogP contribution is -2.25. The third-order valence-corrected chi connectivity index (χ3v) is 4.17. The second-order valence-electron chi connectivity index (χ2n) is 5.87. The first-order valence-electron chi connectivity index (χ1n) is 8.04. The third kappa shape index (κ3) is 3.83. The third-order valence-electron chi connectivity index (χ3n) is 4.17. The van der Waals surface area contributed by atoms with Crippen molar-refractivity contribution in [1.82, 2.24) is 25.5 Å². The number of carbonyl (C=O) groups excluding carboxylic acids is 1. The number of aryl methyl sites for hydroxylation is 1. The van der Waals surface area contributed by atoms with Crippen LogP contribution in [-0.2, 0) is 0 Å². The Morgan fingerprint density at radius 1 is 1.35 bits per heavy atom. The van der Waals surface area contributed by atoms with Crippen LogP contribution in [0, 0.1) is 6.92 Å². The van der Waals surface area contributed by atoms with E-state index in [2.05, 4.69) is 26.9 Å². The van der Waals surface area contributed by atoms with Gasteiger partial charge in [-0.1, -0.05) is 11.6 Å². The highest BCUT2D eigenvalue weighted by Crippen LogP contribution is 2.19. The first-order chi connectivity index (χ1) is 11.2.